The van der Waals surface area contributed by atoms with Crippen LogP contribution in [0.3, 0.4) is 0 Å². The average molecular weight is 366 g/mol. The van der Waals surface area contributed by atoms with Crippen LogP contribution in [0.15, 0.2) is 18.2 Å². The second kappa shape index (κ2) is 8.72. The molecule has 1 amide bonds. The van der Waals surface area contributed by atoms with Crippen molar-refractivity contribution in [3.8, 4) is 0 Å². The van der Waals surface area contributed by atoms with Gasteiger partial charge in [0.1, 0.15) is 5.69 Å². The van der Waals surface area contributed by atoms with Crippen LogP contribution >= 0.6 is 12.2 Å². The Bertz CT molecular complexity index is 660. The summed E-state index contributed by atoms with van der Waals surface area (Å²) in [6.07, 6.45) is 0.359. The van der Waals surface area contributed by atoms with E-state index in [0.717, 1.165) is 0 Å². The topological polar surface area (TPSA) is 96.7 Å². The molecular weight excluding hydrogens is 344 g/mol. The Hall–Kier alpha value is -2.26. The first-order valence-electron chi connectivity index (χ1n) is 8.08. The van der Waals surface area contributed by atoms with Crippen LogP contribution in [0.2, 0.25) is 0 Å². The number of rotatable bonds is 5. The highest BCUT2D eigenvalue weighted by Crippen LogP contribution is 2.31. The highest BCUT2D eigenvalue weighted by molar-refractivity contribution is 7.80. The molecule has 1 aromatic rings. The molecule has 1 saturated heterocycles. The summed E-state index contributed by atoms with van der Waals surface area (Å²) >= 11 is 5.09. The average Bonchev–Trinajstić information content (AvgIpc) is 2.54. The zero-order chi connectivity index (χ0) is 18.4. The predicted molar refractivity (Wildman–Crippen MR) is 99.9 cm³/mol. The number of benzene rings is 1. The smallest absolute Gasteiger partial charge is 0.294 e. The number of nitrogens with zero attached hydrogens (tertiary/aromatic N) is 2. The van der Waals surface area contributed by atoms with Gasteiger partial charge in [-0.05, 0) is 30.3 Å². The number of nitro groups is 1. The van der Waals surface area contributed by atoms with Gasteiger partial charge in [0.05, 0.1) is 18.1 Å². The summed E-state index contributed by atoms with van der Waals surface area (Å²) in [4.78, 5) is 24.6. The zero-order valence-corrected chi connectivity index (χ0v) is 15.1. The number of anilines is 2. The fourth-order valence-electron chi connectivity index (χ4n) is 2.53. The van der Waals surface area contributed by atoms with Crippen molar-refractivity contribution >= 4 is 40.3 Å². The van der Waals surface area contributed by atoms with Crippen molar-refractivity contribution in [1.82, 2.24) is 5.32 Å². The SMILES string of the molecule is CC(C)CC(=O)NC(=S)Nc1ccc(N2CCOCC2)c([N+](=O)[O-])c1. The number of hydrogen-bond donors (Lipinski definition) is 2. The minimum atomic E-state index is -0.420. The van der Waals surface area contributed by atoms with Crippen LogP contribution in [0, 0.1) is 16.0 Å². The van der Waals surface area contributed by atoms with E-state index in [9.17, 15) is 14.9 Å². The number of ether oxygens (including phenoxy) is 1. The van der Waals surface area contributed by atoms with Gasteiger partial charge in [0.2, 0.25) is 5.91 Å². The van der Waals surface area contributed by atoms with Gasteiger partial charge in [-0.15, -0.1) is 0 Å². The molecule has 8 nitrogen and oxygen atoms in total. The van der Waals surface area contributed by atoms with Crippen molar-refractivity contribution in [3.63, 3.8) is 0 Å². The first kappa shape index (κ1) is 19.1. The molecule has 0 unspecified atom stereocenters. The summed E-state index contributed by atoms with van der Waals surface area (Å²) in [5, 5.41) is 16.9. The monoisotopic (exact) mass is 366 g/mol. The minimum Gasteiger partial charge on any atom is -0.378 e. The maximum atomic E-state index is 11.7. The van der Waals surface area contributed by atoms with Gasteiger partial charge in [0.15, 0.2) is 5.11 Å². The molecule has 25 heavy (non-hydrogen) atoms. The van der Waals surface area contributed by atoms with Crippen molar-refractivity contribution in [1.29, 1.82) is 0 Å². The van der Waals surface area contributed by atoms with Gasteiger partial charge in [-0.3, -0.25) is 14.9 Å². The highest BCUT2D eigenvalue weighted by Gasteiger charge is 2.22. The molecule has 9 heteroatoms. The molecule has 2 N–H and O–H groups in total. The molecule has 1 fully saturated rings. The number of carbonyl (C=O) groups excluding carboxylic acids is 1. The molecule has 0 aromatic heterocycles. The quantitative estimate of drug-likeness (QED) is 0.469. The molecule has 1 aromatic carbocycles. The number of morpholine rings is 1. The van der Waals surface area contributed by atoms with Gasteiger partial charge in [-0.1, -0.05) is 13.8 Å². The van der Waals surface area contributed by atoms with Crippen LogP contribution in [0.1, 0.15) is 20.3 Å². The summed E-state index contributed by atoms with van der Waals surface area (Å²) in [6, 6.07) is 4.81. The molecule has 0 spiro atoms. The second-order valence-electron chi connectivity index (χ2n) is 6.16. The lowest BCUT2D eigenvalue weighted by Gasteiger charge is -2.28. The van der Waals surface area contributed by atoms with E-state index in [1.807, 2.05) is 18.7 Å². The lowest BCUT2D eigenvalue weighted by molar-refractivity contribution is -0.384. The normalized spacial score (nSPS) is 14.3. The van der Waals surface area contributed by atoms with E-state index >= 15 is 0 Å². The molecule has 1 heterocycles. The fraction of sp³-hybridized carbons (Fsp3) is 0.500. The van der Waals surface area contributed by atoms with Crippen LogP contribution in [-0.4, -0.2) is 42.2 Å². The van der Waals surface area contributed by atoms with Gasteiger partial charge in [0.25, 0.3) is 5.69 Å². The third-order valence-corrected chi connectivity index (χ3v) is 3.83. The Morgan fingerprint density at radius 1 is 1.40 bits per heavy atom. The molecule has 1 aliphatic heterocycles. The molecule has 0 saturated carbocycles. The van der Waals surface area contributed by atoms with Crippen molar-refractivity contribution in [2.24, 2.45) is 5.92 Å². The Balaban J connectivity index is 2.09. The third kappa shape index (κ3) is 5.64. The number of thiocarbonyl (C=S) groups is 1. The molecule has 0 atom stereocenters. The maximum absolute atomic E-state index is 11.7. The number of nitrogens with one attached hydrogen (secondary N) is 2. The largest absolute Gasteiger partial charge is 0.378 e. The van der Waals surface area contributed by atoms with Crippen LogP contribution in [0.25, 0.3) is 0 Å². The predicted octanol–water partition coefficient (Wildman–Crippen LogP) is 2.29. The van der Waals surface area contributed by atoms with Gasteiger partial charge in [0, 0.05) is 31.3 Å². The van der Waals surface area contributed by atoms with E-state index < -0.39 is 4.92 Å². The molecule has 136 valence electrons. The maximum Gasteiger partial charge on any atom is 0.294 e. The van der Waals surface area contributed by atoms with Gasteiger partial charge in [-0.2, -0.15) is 0 Å². The summed E-state index contributed by atoms with van der Waals surface area (Å²) in [5.41, 5.74) is 0.996. The van der Waals surface area contributed by atoms with E-state index in [-0.39, 0.29) is 22.6 Å². The van der Waals surface area contributed by atoms with Crippen LogP contribution < -0.4 is 15.5 Å². The molecule has 0 radical (unpaired) electrons. The first-order chi connectivity index (χ1) is 11.9. The Morgan fingerprint density at radius 3 is 2.68 bits per heavy atom. The van der Waals surface area contributed by atoms with Crippen molar-refractivity contribution in [2.75, 3.05) is 36.5 Å². The molecule has 1 aliphatic rings. The third-order valence-electron chi connectivity index (χ3n) is 3.63. The number of amides is 1. The standard InChI is InChI=1S/C16H22N4O4S/c1-11(2)9-15(21)18-16(25)17-12-3-4-13(14(10-12)20(22)23)19-5-7-24-8-6-19/h3-4,10-11H,5-9H2,1-2H3,(H2,17,18,21,25). The summed E-state index contributed by atoms with van der Waals surface area (Å²) in [7, 11) is 0. The van der Waals surface area contributed by atoms with Crippen LogP contribution in [0.5, 0.6) is 0 Å². The lowest BCUT2D eigenvalue weighted by atomic mass is 10.1. The molecular formula is C16H22N4O4S. The van der Waals surface area contributed by atoms with E-state index in [1.54, 1.807) is 12.1 Å². The number of carbonyl (C=O) groups is 1. The van der Waals surface area contributed by atoms with Gasteiger partial charge < -0.3 is 20.3 Å². The lowest BCUT2D eigenvalue weighted by Crippen LogP contribution is -2.36. The van der Waals surface area contributed by atoms with E-state index in [4.69, 9.17) is 17.0 Å². The van der Waals surface area contributed by atoms with Crippen LogP contribution in [0.4, 0.5) is 17.1 Å². The molecule has 0 aliphatic carbocycles. The van der Waals surface area contributed by atoms with Gasteiger partial charge in [-0.25, -0.2) is 0 Å². The number of nitro benzene ring substituents is 1. The summed E-state index contributed by atoms with van der Waals surface area (Å²) < 4.78 is 5.28. The fourth-order valence-corrected chi connectivity index (χ4v) is 2.76. The Morgan fingerprint density at radius 2 is 2.08 bits per heavy atom. The molecule has 0 bridgehead atoms. The van der Waals surface area contributed by atoms with Crippen LogP contribution in [-0.2, 0) is 9.53 Å². The number of hydrogen-bond acceptors (Lipinski definition) is 6. The van der Waals surface area contributed by atoms with Crippen molar-refractivity contribution < 1.29 is 14.5 Å². The second-order valence-corrected chi connectivity index (χ2v) is 6.57. The van der Waals surface area contributed by atoms with Crippen molar-refractivity contribution in [3.05, 3.63) is 28.3 Å². The van der Waals surface area contributed by atoms with Gasteiger partial charge >= 0.3 is 0 Å². The summed E-state index contributed by atoms with van der Waals surface area (Å²) in [6.45, 7) is 6.17. The molecule has 2 rings (SSSR count). The highest BCUT2D eigenvalue weighted by atomic mass is 32.1. The van der Waals surface area contributed by atoms with E-state index in [2.05, 4.69) is 10.6 Å². The van der Waals surface area contributed by atoms with E-state index in [0.29, 0.717) is 44.1 Å². The Kier molecular flexibility index (Phi) is 6.65. The van der Waals surface area contributed by atoms with Crippen molar-refractivity contribution in [2.45, 2.75) is 20.3 Å². The first-order valence-corrected chi connectivity index (χ1v) is 8.49. The summed E-state index contributed by atoms with van der Waals surface area (Å²) in [5.74, 6) is 0.0311. The van der Waals surface area contributed by atoms with E-state index in [1.165, 1.54) is 6.07 Å². The Labute approximate surface area is 151 Å². The zero-order valence-electron chi connectivity index (χ0n) is 14.3. The minimum absolute atomic E-state index is 0.0109.